The van der Waals surface area contributed by atoms with Crippen molar-refractivity contribution < 1.29 is 4.79 Å². The molecular formula is C14H29N3O. The van der Waals surface area contributed by atoms with Gasteiger partial charge < -0.3 is 16.0 Å². The molecule has 1 amide bonds. The Bertz CT molecular complexity index is 278. The van der Waals surface area contributed by atoms with Crippen LogP contribution < -0.4 is 11.1 Å². The first-order valence-corrected chi connectivity index (χ1v) is 7.10. The molecule has 0 aromatic carbocycles. The molecule has 1 aliphatic carbocycles. The lowest BCUT2D eigenvalue weighted by Gasteiger charge is -2.27. The van der Waals surface area contributed by atoms with Gasteiger partial charge in [0.15, 0.2) is 0 Å². The first-order valence-electron chi connectivity index (χ1n) is 7.10. The summed E-state index contributed by atoms with van der Waals surface area (Å²) in [6, 6.07) is 0.705. The van der Waals surface area contributed by atoms with Crippen molar-refractivity contribution in [1.82, 2.24) is 10.2 Å². The average Bonchev–Trinajstić information content (AvgIpc) is 3.16. The molecule has 4 nitrogen and oxygen atoms in total. The van der Waals surface area contributed by atoms with Crippen LogP contribution in [0.1, 0.15) is 46.0 Å². The largest absolute Gasteiger partial charge is 0.368 e. The Morgan fingerprint density at radius 3 is 2.56 bits per heavy atom. The minimum absolute atomic E-state index is 0.260. The van der Waals surface area contributed by atoms with Gasteiger partial charge in [0.25, 0.3) is 0 Å². The molecule has 2 unspecified atom stereocenters. The van der Waals surface area contributed by atoms with E-state index < -0.39 is 5.54 Å². The van der Waals surface area contributed by atoms with E-state index in [2.05, 4.69) is 24.2 Å². The number of primary amides is 1. The summed E-state index contributed by atoms with van der Waals surface area (Å²) in [5.74, 6) is 0.660. The van der Waals surface area contributed by atoms with Crippen molar-refractivity contribution in [3.05, 3.63) is 0 Å². The van der Waals surface area contributed by atoms with Gasteiger partial charge in [0, 0.05) is 6.04 Å². The van der Waals surface area contributed by atoms with Gasteiger partial charge in [-0.05, 0) is 72.5 Å². The van der Waals surface area contributed by atoms with E-state index in [1.165, 1.54) is 12.8 Å². The van der Waals surface area contributed by atoms with E-state index in [9.17, 15) is 4.79 Å². The van der Waals surface area contributed by atoms with Gasteiger partial charge in [-0.25, -0.2) is 0 Å². The molecule has 0 spiro atoms. The smallest absolute Gasteiger partial charge is 0.237 e. The Balaban J connectivity index is 2.19. The number of nitrogens with one attached hydrogen (secondary N) is 1. The number of hydrogen-bond donors (Lipinski definition) is 2. The predicted molar refractivity (Wildman–Crippen MR) is 75.3 cm³/mol. The maximum absolute atomic E-state index is 11.3. The molecule has 1 aliphatic rings. The number of likely N-dealkylation sites (N-methyl/N-ethyl adjacent to an activating group) is 1. The van der Waals surface area contributed by atoms with Crippen molar-refractivity contribution >= 4 is 5.91 Å². The lowest BCUT2D eigenvalue weighted by atomic mass is 9.94. The second kappa shape index (κ2) is 6.53. The van der Waals surface area contributed by atoms with Gasteiger partial charge in [-0.15, -0.1) is 0 Å². The van der Waals surface area contributed by atoms with Crippen LogP contribution in [-0.4, -0.2) is 43.0 Å². The molecule has 4 heteroatoms. The lowest BCUT2D eigenvalue weighted by molar-refractivity contribution is -0.123. The summed E-state index contributed by atoms with van der Waals surface area (Å²) in [7, 11) is 4.00. The fourth-order valence-corrected chi connectivity index (χ4v) is 2.35. The number of nitrogens with zero attached hydrogens (tertiary/aromatic N) is 1. The van der Waals surface area contributed by atoms with Gasteiger partial charge >= 0.3 is 0 Å². The highest BCUT2D eigenvalue weighted by Gasteiger charge is 2.30. The Hall–Kier alpha value is -0.610. The third-order valence-corrected chi connectivity index (χ3v) is 4.53. The Labute approximate surface area is 111 Å². The van der Waals surface area contributed by atoms with E-state index >= 15 is 0 Å². The summed E-state index contributed by atoms with van der Waals surface area (Å²) in [5, 5.41) is 3.03. The van der Waals surface area contributed by atoms with Crippen LogP contribution in [0.4, 0.5) is 0 Å². The number of carbonyl (C=O) groups is 1. The van der Waals surface area contributed by atoms with Crippen LogP contribution in [0.2, 0.25) is 0 Å². The minimum Gasteiger partial charge on any atom is -0.368 e. The van der Waals surface area contributed by atoms with E-state index in [1.54, 1.807) is 7.05 Å². The summed E-state index contributed by atoms with van der Waals surface area (Å²) in [6.07, 6.45) is 5.75. The molecule has 3 N–H and O–H groups in total. The first kappa shape index (κ1) is 15.4. The Morgan fingerprint density at radius 2 is 2.11 bits per heavy atom. The van der Waals surface area contributed by atoms with Gasteiger partial charge in [0.1, 0.15) is 0 Å². The zero-order chi connectivity index (χ0) is 13.8. The van der Waals surface area contributed by atoms with Crippen molar-refractivity contribution in [3.8, 4) is 0 Å². The van der Waals surface area contributed by atoms with Crippen LogP contribution in [0.3, 0.4) is 0 Å². The van der Waals surface area contributed by atoms with Crippen LogP contribution in [-0.2, 0) is 4.79 Å². The molecule has 0 bridgehead atoms. The number of hydrogen-bond acceptors (Lipinski definition) is 3. The van der Waals surface area contributed by atoms with Crippen molar-refractivity contribution in [2.45, 2.75) is 57.5 Å². The molecule has 0 aliphatic heterocycles. The summed E-state index contributed by atoms with van der Waals surface area (Å²) in [6.45, 7) is 5.31. The maximum Gasteiger partial charge on any atom is 0.237 e. The number of nitrogens with two attached hydrogens (primary N) is 1. The van der Waals surface area contributed by atoms with E-state index in [1.807, 2.05) is 6.92 Å². The molecule has 0 saturated heterocycles. The number of amides is 1. The van der Waals surface area contributed by atoms with Gasteiger partial charge in [0.05, 0.1) is 5.54 Å². The monoisotopic (exact) mass is 255 g/mol. The van der Waals surface area contributed by atoms with E-state index in [-0.39, 0.29) is 5.91 Å². The molecule has 0 heterocycles. The second-order valence-corrected chi connectivity index (χ2v) is 5.96. The molecule has 0 aromatic heterocycles. The summed E-state index contributed by atoms with van der Waals surface area (Å²) in [5.41, 5.74) is 4.85. The highest BCUT2D eigenvalue weighted by atomic mass is 16.1. The Kier molecular flexibility index (Phi) is 5.60. The van der Waals surface area contributed by atoms with Crippen LogP contribution in [0, 0.1) is 5.92 Å². The van der Waals surface area contributed by atoms with Crippen molar-refractivity contribution in [2.75, 3.05) is 20.6 Å². The minimum atomic E-state index is -0.555. The topological polar surface area (TPSA) is 58.4 Å². The van der Waals surface area contributed by atoms with Gasteiger partial charge in [-0.3, -0.25) is 4.79 Å². The quantitative estimate of drug-likeness (QED) is 0.611. The standard InChI is InChI=1S/C14H29N3O/c1-11(12-7-8-12)17(4)10-6-5-9-14(2,16-3)13(15)18/h11-12,16H,5-10H2,1-4H3,(H2,15,18). The molecule has 18 heavy (non-hydrogen) atoms. The number of unbranched alkanes of at least 4 members (excludes halogenated alkanes) is 1. The zero-order valence-electron chi connectivity index (χ0n) is 12.3. The third-order valence-electron chi connectivity index (χ3n) is 4.53. The highest BCUT2D eigenvalue weighted by Crippen LogP contribution is 2.34. The molecule has 1 rings (SSSR count). The molecule has 1 fully saturated rings. The molecule has 106 valence electrons. The van der Waals surface area contributed by atoms with Crippen LogP contribution in [0.25, 0.3) is 0 Å². The van der Waals surface area contributed by atoms with Crippen LogP contribution >= 0.6 is 0 Å². The van der Waals surface area contributed by atoms with Crippen LogP contribution in [0.5, 0.6) is 0 Å². The van der Waals surface area contributed by atoms with Crippen molar-refractivity contribution in [3.63, 3.8) is 0 Å². The van der Waals surface area contributed by atoms with E-state index in [0.717, 1.165) is 31.7 Å². The summed E-state index contributed by atoms with van der Waals surface area (Å²) >= 11 is 0. The van der Waals surface area contributed by atoms with Crippen molar-refractivity contribution in [1.29, 1.82) is 0 Å². The average molecular weight is 255 g/mol. The lowest BCUT2D eigenvalue weighted by Crippen LogP contribution is -2.51. The van der Waals surface area contributed by atoms with Crippen LogP contribution in [0.15, 0.2) is 0 Å². The fraction of sp³-hybridized carbons (Fsp3) is 0.929. The molecule has 2 atom stereocenters. The summed E-state index contributed by atoms with van der Waals surface area (Å²) in [4.78, 5) is 13.8. The fourth-order valence-electron chi connectivity index (χ4n) is 2.35. The van der Waals surface area contributed by atoms with E-state index in [0.29, 0.717) is 6.04 Å². The number of rotatable bonds is 9. The highest BCUT2D eigenvalue weighted by molar-refractivity contribution is 5.84. The molecular weight excluding hydrogens is 226 g/mol. The van der Waals surface area contributed by atoms with E-state index in [4.69, 9.17) is 5.73 Å². The third kappa shape index (κ3) is 4.25. The van der Waals surface area contributed by atoms with Gasteiger partial charge in [-0.2, -0.15) is 0 Å². The van der Waals surface area contributed by atoms with Crippen molar-refractivity contribution in [2.24, 2.45) is 11.7 Å². The molecule has 1 saturated carbocycles. The molecule has 0 aromatic rings. The SMILES string of the molecule is CNC(C)(CCCCN(C)C(C)C1CC1)C(N)=O. The van der Waals surface area contributed by atoms with Gasteiger partial charge in [-0.1, -0.05) is 0 Å². The zero-order valence-corrected chi connectivity index (χ0v) is 12.3. The first-order chi connectivity index (χ1) is 8.40. The molecule has 0 radical (unpaired) electrons. The maximum atomic E-state index is 11.3. The van der Waals surface area contributed by atoms with Gasteiger partial charge in [0.2, 0.25) is 5.91 Å². The number of carbonyl (C=O) groups excluding carboxylic acids is 1. The predicted octanol–water partition coefficient (Wildman–Crippen LogP) is 1.35. The second-order valence-electron chi connectivity index (χ2n) is 5.96. The Morgan fingerprint density at radius 1 is 1.50 bits per heavy atom. The normalized spacial score (nSPS) is 20.7. The summed E-state index contributed by atoms with van der Waals surface area (Å²) < 4.78 is 0.